The summed E-state index contributed by atoms with van der Waals surface area (Å²) in [6.07, 6.45) is 1.75. The van der Waals surface area contributed by atoms with Crippen LogP contribution in [0.3, 0.4) is 0 Å². The molecule has 94 valence electrons. The quantitative estimate of drug-likeness (QED) is 0.789. The highest BCUT2D eigenvalue weighted by Crippen LogP contribution is 2.24. The Labute approximate surface area is 97.6 Å². The second kappa shape index (κ2) is 5.04. The van der Waals surface area contributed by atoms with Crippen molar-refractivity contribution in [3.63, 3.8) is 0 Å². The summed E-state index contributed by atoms with van der Waals surface area (Å²) in [5.41, 5.74) is -0.471. The summed E-state index contributed by atoms with van der Waals surface area (Å²) < 4.78 is 5.32. The Kier molecular flexibility index (Phi) is 4.19. The molecule has 1 aliphatic rings. The summed E-state index contributed by atoms with van der Waals surface area (Å²) in [7, 11) is 0. The number of hydrogen-bond acceptors (Lipinski definition) is 3. The van der Waals surface area contributed by atoms with E-state index in [1.165, 1.54) is 0 Å². The minimum absolute atomic E-state index is 0.0696. The van der Waals surface area contributed by atoms with Crippen molar-refractivity contribution in [3.8, 4) is 0 Å². The van der Waals surface area contributed by atoms with Crippen LogP contribution in [-0.4, -0.2) is 40.4 Å². The molecule has 0 aromatic rings. The lowest BCUT2D eigenvalue weighted by molar-refractivity contribution is 0.00475. The van der Waals surface area contributed by atoms with Gasteiger partial charge in [0.25, 0.3) is 0 Å². The molecule has 0 radical (unpaired) electrons. The standard InChI is InChI=1S/C12H23NO3/c1-5-10(14)9-7-6-8-13(9)11(15)16-12(2,3)4/h9-10,14H,5-8H2,1-4H3. The van der Waals surface area contributed by atoms with Crippen molar-refractivity contribution in [1.29, 1.82) is 0 Å². The summed E-state index contributed by atoms with van der Waals surface area (Å²) in [5, 5.41) is 9.83. The highest BCUT2D eigenvalue weighted by atomic mass is 16.6. The number of carbonyl (C=O) groups excluding carboxylic acids is 1. The molecule has 0 aliphatic carbocycles. The molecular weight excluding hydrogens is 206 g/mol. The van der Waals surface area contributed by atoms with Gasteiger partial charge in [-0.2, -0.15) is 0 Å². The zero-order chi connectivity index (χ0) is 12.3. The molecule has 1 amide bonds. The lowest BCUT2D eigenvalue weighted by atomic mass is 10.1. The van der Waals surface area contributed by atoms with Crippen LogP contribution in [0.5, 0.6) is 0 Å². The number of aliphatic hydroxyl groups excluding tert-OH is 1. The number of carbonyl (C=O) groups is 1. The molecule has 4 heteroatoms. The summed E-state index contributed by atoms with van der Waals surface area (Å²) in [6.45, 7) is 8.18. The monoisotopic (exact) mass is 229 g/mol. The highest BCUT2D eigenvalue weighted by Gasteiger charge is 2.35. The minimum atomic E-state index is -0.471. The van der Waals surface area contributed by atoms with Gasteiger partial charge in [-0.25, -0.2) is 4.79 Å². The van der Waals surface area contributed by atoms with Crippen LogP contribution < -0.4 is 0 Å². The molecule has 1 fully saturated rings. The van der Waals surface area contributed by atoms with Gasteiger partial charge in [0.15, 0.2) is 0 Å². The second-order valence-electron chi connectivity index (χ2n) is 5.36. The van der Waals surface area contributed by atoms with Crippen molar-refractivity contribution in [2.24, 2.45) is 0 Å². The highest BCUT2D eigenvalue weighted by molar-refractivity contribution is 5.69. The maximum Gasteiger partial charge on any atom is 0.410 e. The number of rotatable bonds is 2. The molecule has 1 N–H and O–H groups in total. The van der Waals surface area contributed by atoms with E-state index in [4.69, 9.17) is 4.74 Å². The van der Waals surface area contributed by atoms with Crippen molar-refractivity contribution in [1.82, 2.24) is 4.90 Å². The van der Waals surface area contributed by atoms with Gasteiger partial charge in [-0.05, 0) is 40.0 Å². The molecule has 0 aromatic heterocycles. The third-order valence-corrected chi connectivity index (χ3v) is 2.79. The zero-order valence-electron chi connectivity index (χ0n) is 10.7. The average molecular weight is 229 g/mol. The summed E-state index contributed by atoms with van der Waals surface area (Å²) >= 11 is 0. The van der Waals surface area contributed by atoms with E-state index < -0.39 is 11.7 Å². The predicted octanol–water partition coefficient (Wildman–Crippen LogP) is 2.16. The van der Waals surface area contributed by atoms with Crippen LogP contribution in [0.2, 0.25) is 0 Å². The van der Waals surface area contributed by atoms with E-state index in [1.807, 2.05) is 27.7 Å². The Bertz CT molecular complexity index is 247. The topological polar surface area (TPSA) is 49.8 Å². The number of ether oxygens (including phenoxy) is 1. The van der Waals surface area contributed by atoms with Gasteiger partial charge in [-0.3, -0.25) is 0 Å². The number of likely N-dealkylation sites (tertiary alicyclic amines) is 1. The van der Waals surface area contributed by atoms with Crippen LogP contribution in [0.15, 0.2) is 0 Å². The van der Waals surface area contributed by atoms with Crippen molar-refractivity contribution in [2.45, 2.75) is 64.7 Å². The van der Waals surface area contributed by atoms with Gasteiger partial charge < -0.3 is 14.7 Å². The first-order valence-corrected chi connectivity index (χ1v) is 6.03. The maximum atomic E-state index is 11.9. The van der Waals surface area contributed by atoms with Crippen LogP contribution in [-0.2, 0) is 4.74 Å². The molecule has 1 heterocycles. The zero-order valence-corrected chi connectivity index (χ0v) is 10.7. The Balaban J connectivity index is 2.61. The van der Waals surface area contributed by atoms with Gasteiger partial charge in [0, 0.05) is 6.54 Å². The normalized spacial score (nSPS) is 23.3. The van der Waals surface area contributed by atoms with Crippen LogP contribution in [0.25, 0.3) is 0 Å². The van der Waals surface area contributed by atoms with E-state index >= 15 is 0 Å². The molecule has 0 spiro atoms. The number of nitrogens with zero attached hydrogens (tertiary/aromatic N) is 1. The van der Waals surface area contributed by atoms with E-state index in [0.29, 0.717) is 13.0 Å². The Morgan fingerprint density at radius 3 is 2.69 bits per heavy atom. The third kappa shape index (κ3) is 3.37. The fourth-order valence-corrected chi connectivity index (χ4v) is 2.01. The van der Waals surface area contributed by atoms with Crippen molar-refractivity contribution in [2.75, 3.05) is 6.54 Å². The molecule has 16 heavy (non-hydrogen) atoms. The Morgan fingerprint density at radius 1 is 1.56 bits per heavy atom. The first-order valence-electron chi connectivity index (χ1n) is 6.03. The van der Waals surface area contributed by atoms with Gasteiger partial charge in [-0.15, -0.1) is 0 Å². The SMILES string of the molecule is CCC(O)C1CCCN1C(=O)OC(C)(C)C. The summed E-state index contributed by atoms with van der Waals surface area (Å²) in [5.74, 6) is 0. The van der Waals surface area contributed by atoms with Gasteiger partial charge in [0.05, 0.1) is 12.1 Å². The van der Waals surface area contributed by atoms with E-state index in [1.54, 1.807) is 4.90 Å². The largest absolute Gasteiger partial charge is 0.444 e. The molecule has 4 nitrogen and oxygen atoms in total. The molecule has 0 aromatic carbocycles. The van der Waals surface area contributed by atoms with Crippen LogP contribution in [0.1, 0.15) is 47.0 Å². The molecule has 1 saturated heterocycles. The molecule has 0 saturated carbocycles. The second-order valence-corrected chi connectivity index (χ2v) is 5.36. The number of amides is 1. The van der Waals surface area contributed by atoms with Crippen molar-refractivity contribution in [3.05, 3.63) is 0 Å². The molecule has 2 unspecified atom stereocenters. The fraction of sp³-hybridized carbons (Fsp3) is 0.917. The van der Waals surface area contributed by atoms with Crippen LogP contribution in [0, 0.1) is 0 Å². The van der Waals surface area contributed by atoms with E-state index in [0.717, 1.165) is 12.8 Å². The number of hydrogen-bond donors (Lipinski definition) is 1. The fourth-order valence-electron chi connectivity index (χ4n) is 2.01. The van der Waals surface area contributed by atoms with Crippen molar-refractivity contribution >= 4 is 6.09 Å². The Hall–Kier alpha value is -0.770. The van der Waals surface area contributed by atoms with Crippen LogP contribution >= 0.6 is 0 Å². The first-order chi connectivity index (χ1) is 7.35. The van der Waals surface area contributed by atoms with Gasteiger partial charge in [0.2, 0.25) is 0 Å². The van der Waals surface area contributed by atoms with Crippen LogP contribution in [0.4, 0.5) is 4.79 Å². The first kappa shape index (κ1) is 13.3. The maximum absolute atomic E-state index is 11.9. The number of aliphatic hydroxyl groups is 1. The predicted molar refractivity (Wildman–Crippen MR) is 62.3 cm³/mol. The molecule has 1 rings (SSSR count). The Morgan fingerprint density at radius 2 is 2.19 bits per heavy atom. The molecule has 0 bridgehead atoms. The van der Waals surface area contributed by atoms with E-state index in [-0.39, 0.29) is 12.1 Å². The molecule has 2 atom stereocenters. The summed E-state index contributed by atoms with van der Waals surface area (Å²) in [4.78, 5) is 13.6. The van der Waals surface area contributed by atoms with Gasteiger partial charge >= 0.3 is 6.09 Å². The lowest BCUT2D eigenvalue weighted by Crippen LogP contribution is -2.44. The smallest absolute Gasteiger partial charge is 0.410 e. The average Bonchev–Trinajstić information content (AvgIpc) is 2.62. The van der Waals surface area contributed by atoms with Gasteiger partial charge in [-0.1, -0.05) is 6.92 Å². The van der Waals surface area contributed by atoms with Crippen molar-refractivity contribution < 1.29 is 14.6 Å². The van der Waals surface area contributed by atoms with E-state index in [9.17, 15) is 9.90 Å². The summed E-state index contributed by atoms with van der Waals surface area (Å²) in [6, 6.07) is -0.0696. The third-order valence-electron chi connectivity index (χ3n) is 2.79. The minimum Gasteiger partial charge on any atom is -0.444 e. The molecular formula is C12H23NO3. The lowest BCUT2D eigenvalue weighted by Gasteiger charge is -2.30. The van der Waals surface area contributed by atoms with E-state index in [2.05, 4.69) is 0 Å². The van der Waals surface area contributed by atoms with Gasteiger partial charge in [0.1, 0.15) is 5.60 Å². The molecule has 1 aliphatic heterocycles.